The molecule has 41 heavy (non-hydrogen) atoms. The Balaban J connectivity index is 1.30. The smallest absolute Gasteiger partial charge is 0.260 e. The largest absolute Gasteiger partial charge is 0.484 e. The highest BCUT2D eigenvalue weighted by atomic mass is 16.5. The maximum absolute atomic E-state index is 13.3. The first-order valence-corrected chi connectivity index (χ1v) is 14.2. The van der Waals surface area contributed by atoms with E-state index in [1.165, 1.54) is 11.1 Å². The zero-order chi connectivity index (χ0) is 28.2. The molecule has 0 radical (unpaired) electrons. The molecule has 0 saturated heterocycles. The molecule has 1 aliphatic carbocycles. The van der Waals surface area contributed by atoms with Crippen molar-refractivity contribution in [3.8, 4) is 16.9 Å². The number of hydrogen-bond acceptors (Lipinski definition) is 5. The molecule has 0 unspecified atom stereocenters. The average Bonchev–Trinajstić information content (AvgIpc) is 3.66. The summed E-state index contributed by atoms with van der Waals surface area (Å²) in [5.74, 6) is 0.538. The lowest BCUT2D eigenvalue weighted by molar-refractivity contribution is -0.133. The lowest BCUT2D eigenvalue weighted by Gasteiger charge is -2.21. The number of aromatic nitrogens is 4. The van der Waals surface area contributed by atoms with Crippen LogP contribution in [0.4, 0.5) is 0 Å². The van der Waals surface area contributed by atoms with E-state index in [-0.39, 0.29) is 18.4 Å². The molecule has 0 fully saturated rings. The van der Waals surface area contributed by atoms with E-state index in [2.05, 4.69) is 33.0 Å². The van der Waals surface area contributed by atoms with Gasteiger partial charge in [-0.3, -0.25) is 19.3 Å². The molecule has 1 N–H and O–H groups in total. The van der Waals surface area contributed by atoms with Crippen LogP contribution in [0.15, 0.2) is 48.9 Å². The molecule has 2 aliphatic rings. The van der Waals surface area contributed by atoms with E-state index in [0.29, 0.717) is 25.4 Å². The number of nitrogens with zero attached hydrogens (tertiary/aromatic N) is 5. The molecular formula is C32H32N6O3. The van der Waals surface area contributed by atoms with E-state index in [4.69, 9.17) is 4.74 Å². The summed E-state index contributed by atoms with van der Waals surface area (Å²) in [6.07, 6.45) is 7.18. The van der Waals surface area contributed by atoms with Crippen LogP contribution in [0, 0.1) is 0 Å². The molecule has 208 valence electrons. The van der Waals surface area contributed by atoms with E-state index < -0.39 is 0 Å². The monoisotopic (exact) mass is 548 g/mol. The fraction of sp³-hybridized carbons (Fsp3) is 0.312. The first kappa shape index (κ1) is 25.3. The van der Waals surface area contributed by atoms with E-state index >= 15 is 0 Å². The van der Waals surface area contributed by atoms with Crippen molar-refractivity contribution < 1.29 is 14.3 Å². The van der Waals surface area contributed by atoms with Crippen molar-refractivity contribution in [3.63, 3.8) is 0 Å². The molecule has 0 spiro atoms. The maximum Gasteiger partial charge on any atom is 0.260 e. The maximum atomic E-state index is 13.3. The number of pyridine rings is 1. The molecule has 0 atom stereocenters. The molecule has 7 rings (SSSR count). The van der Waals surface area contributed by atoms with Gasteiger partial charge in [0.2, 0.25) is 0 Å². The Hall–Kier alpha value is -4.66. The van der Waals surface area contributed by atoms with Gasteiger partial charge in [0.05, 0.1) is 16.8 Å². The molecule has 2 aromatic carbocycles. The molecule has 5 aromatic rings. The molecule has 1 aliphatic heterocycles. The van der Waals surface area contributed by atoms with Crippen LogP contribution < -0.4 is 10.1 Å². The van der Waals surface area contributed by atoms with Gasteiger partial charge in [0.25, 0.3) is 11.8 Å². The summed E-state index contributed by atoms with van der Waals surface area (Å²) in [4.78, 5) is 32.2. The number of amides is 2. The van der Waals surface area contributed by atoms with Crippen LogP contribution in [0.1, 0.15) is 46.6 Å². The fourth-order valence-electron chi connectivity index (χ4n) is 6.63. The fourth-order valence-corrected chi connectivity index (χ4v) is 6.63. The topological polar surface area (TPSA) is 94.3 Å². The van der Waals surface area contributed by atoms with Gasteiger partial charge in [-0.1, -0.05) is 0 Å². The van der Waals surface area contributed by atoms with Gasteiger partial charge >= 0.3 is 0 Å². The predicted molar refractivity (Wildman–Crippen MR) is 157 cm³/mol. The van der Waals surface area contributed by atoms with Crippen LogP contribution in [-0.2, 0) is 44.3 Å². The number of carbonyl (C=O) groups excluding carboxylic acids is 2. The van der Waals surface area contributed by atoms with Crippen molar-refractivity contribution in [1.82, 2.24) is 29.5 Å². The number of likely N-dealkylation sites (N-methyl/N-ethyl adjacent to an activating group) is 1. The molecule has 3 aromatic heterocycles. The van der Waals surface area contributed by atoms with Crippen LogP contribution >= 0.6 is 0 Å². The van der Waals surface area contributed by atoms with E-state index in [0.717, 1.165) is 69.2 Å². The first-order chi connectivity index (χ1) is 20.0. The summed E-state index contributed by atoms with van der Waals surface area (Å²) in [7, 11) is 1.94. The van der Waals surface area contributed by atoms with Gasteiger partial charge < -0.3 is 19.5 Å². The number of rotatable bonds is 7. The first-order valence-electron chi connectivity index (χ1n) is 14.2. The number of hydrogen-bond donors (Lipinski definition) is 1. The summed E-state index contributed by atoms with van der Waals surface area (Å²) in [5.41, 5.74) is 9.46. The standard InChI is InChI=1S/C32H32N6O3/c1-4-37(16-19-10-12-33-13-11-19)27(39)18-41-20-6-9-26-22(14-20)29-23-15-34-32(40)30(23)28-21(31(29)38(26)5-2)7-8-25-24(28)17-36(3)35-25/h6,9-14,17H,4-5,7-8,15-16,18H2,1-3H3,(H,34,40). The molecule has 0 saturated carbocycles. The van der Waals surface area contributed by atoms with Crippen LogP contribution in [0.3, 0.4) is 0 Å². The highest BCUT2D eigenvalue weighted by Gasteiger charge is 2.35. The number of carbonyl (C=O) groups is 2. The zero-order valence-corrected chi connectivity index (χ0v) is 23.5. The third-order valence-electron chi connectivity index (χ3n) is 8.45. The third-order valence-corrected chi connectivity index (χ3v) is 8.45. The minimum absolute atomic E-state index is 0.0286. The number of aryl methyl sites for hydroxylation is 4. The second-order valence-electron chi connectivity index (χ2n) is 10.8. The Labute approximate surface area is 237 Å². The summed E-state index contributed by atoms with van der Waals surface area (Å²) < 4.78 is 10.3. The number of fused-ring (bicyclic) bond motifs is 10. The number of nitrogens with one attached hydrogen (secondary N) is 1. The van der Waals surface area contributed by atoms with Crippen molar-refractivity contribution in [2.75, 3.05) is 13.2 Å². The van der Waals surface area contributed by atoms with Crippen LogP contribution in [0.2, 0.25) is 0 Å². The Kier molecular flexibility index (Phi) is 6.03. The lowest BCUT2D eigenvalue weighted by atomic mass is 9.82. The molecule has 9 heteroatoms. The third kappa shape index (κ3) is 3.98. The van der Waals surface area contributed by atoms with Gasteiger partial charge in [0.15, 0.2) is 6.61 Å². The predicted octanol–water partition coefficient (Wildman–Crippen LogP) is 4.38. The van der Waals surface area contributed by atoms with E-state index in [9.17, 15) is 9.59 Å². The highest BCUT2D eigenvalue weighted by molar-refractivity contribution is 6.19. The van der Waals surface area contributed by atoms with E-state index in [1.54, 1.807) is 17.3 Å². The minimum atomic E-state index is -0.0718. The number of ether oxygens (including phenoxy) is 1. The molecule has 0 bridgehead atoms. The van der Waals surface area contributed by atoms with Gasteiger partial charge in [-0.05, 0) is 73.7 Å². The summed E-state index contributed by atoms with van der Waals surface area (Å²) in [6, 6.07) is 9.88. The van der Waals surface area contributed by atoms with Gasteiger partial charge in [-0.2, -0.15) is 5.10 Å². The van der Waals surface area contributed by atoms with Crippen molar-refractivity contribution in [2.24, 2.45) is 7.05 Å². The Morgan fingerprint density at radius 1 is 1.10 bits per heavy atom. The van der Waals surface area contributed by atoms with Crippen molar-refractivity contribution in [3.05, 3.63) is 76.9 Å². The van der Waals surface area contributed by atoms with E-state index in [1.807, 2.05) is 49.1 Å². The molecular weight excluding hydrogens is 516 g/mol. The molecule has 4 heterocycles. The highest BCUT2D eigenvalue weighted by Crippen LogP contribution is 2.47. The quantitative estimate of drug-likeness (QED) is 0.326. The summed E-state index contributed by atoms with van der Waals surface area (Å²) >= 11 is 0. The Bertz CT molecular complexity index is 1850. The zero-order valence-electron chi connectivity index (χ0n) is 23.5. The van der Waals surface area contributed by atoms with Gasteiger partial charge in [0.1, 0.15) is 5.75 Å². The van der Waals surface area contributed by atoms with Crippen LogP contribution in [0.5, 0.6) is 5.75 Å². The van der Waals surface area contributed by atoms with Crippen LogP contribution in [-0.4, -0.2) is 49.2 Å². The molecule has 2 amide bonds. The number of benzene rings is 2. The SMILES string of the molecule is CCN(Cc1ccncc1)C(=O)COc1ccc2c(c1)c1c3c(c4c(c1n2CC)CCc1nn(C)cc1-4)C(=O)NC3. The lowest BCUT2D eigenvalue weighted by Crippen LogP contribution is -2.34. The summed E-state index contributed by atoms with van der Waals surface area (Å²) in [6.45, 7) is 6.47. The minimum Gasteiger partial charge on any atom is -0.484 e. The summed E-state index contributed by atoms with van der Waals surface area (Å²) in [5, 5.41) is 9.92. The van der Waals surface area contributed by atoms with Crippen molar-refractivity contribution in [2.45, 2.75) is 46.3 Å². The van der Waals surface area contributed by atoms with Gasteiger partial charge in [-0.25, -0.2) is 0 Å². The second-order valence-corrected chi connectivity index (χ2v) is 10.8. The van der Waals surface area contributed by atoms with Gasteiger partial charge in [0, 0.05) is 79.2 Å². The normalized spacial score (nSPS) is 13.7. The van der Waals surface area contributed by atoms with Crippen molar-refractivity contribution in [1.29, 1.82) is 0 Å². The molecule has 9 nitrogen and oxygen atoms in total. The Morgan fingerprint density at radius 3 is 2.71 bits per heavy atom. The Morgan fingerprint density at radius 2 is 1.93 bits per heavy atom. The average molecular weight is 549 g/mol. The van der Waals surface area contributed by atoms with Crippen LogP contribution in [0.25, 0.3) is 32.9 Å². The second kappa shape index (κ2) is 9.76. The van der Waals surface area contributed by atoms with Crippen molar-refractivity contribution >= 4 is 33.6 Å². The van der Waals surface area contributed by atoms with Gasteiger partial charge in [-0.15, -0.1) is 0 Å².